The summed E-state index contributed by atoms with van der Waals surface area (Å²) in [4.78, 5) is 0. The number of halogens is 1. The lowest BCUT2D eigenvalue weighted by Crippen LogP contribution is -2.39. The van der Waals surface area contributed by atoms with Gasteiger partial charge in [0.1, 0.15) is 12.0 Å². The van der Waals surface area contributed by atoms with E-state index < -0.39 is 0 Å². The predicted molar refractivity (Wildman–Crippen MR) is 61.4 cm³/mol. The average molecular weight is 230 g/mol. The van der Waals surface area contributed by atoms with Crippen molar-refractivity contribution in [2.75, 3.05) is 13.2 Å². The van der Waals surface area contributed by atoms with Gasteiger partial charge in [-0.2, -0.15) is 0 Å². The molecule has 1 aromatic rings. The van der Waals surface area contributed by atoms with Crippen molar-refractivity contribution in [1.29, 1.82) is 0 Å². The van der Waals surface area contributed by atoms with Gasteiger partial charge in [-0.15, -0.1) is 12.4 Å². The fourth-order valence-corrected chi connectivity index (χ4v) is 1.60. The van der Waals surface area contributed by atoms with Crippen LogP contribution in [0.25, 0.3) is 0 Å². The van der Waals surface area contributed by atoms with Gasteiger partial charge in [-0.25, -0.2) is 0 Å². The van der Waals surface area contributed by atoms with Crippen LogP contribution in [0, 0.1) is 0 Å². The monoisotopic (exact) mass is 229 g/mol. The van der Waals surface area contributed by atoms with E-state index in [9.17, 15) is 0 Å². The summed E-state index contributed by atoms with van der Waals surface area (Å²) in [6, 6.07) is 7.26. The van der Waals surface area contributed by atoms with Crippen LogP contribution in [0.5, 0.6) is 5.75 Å². The number of ether oxygens (including phenoxy) is 1. The first-order valence-corrected chi connectivity index (χ1v) is 4.97. The minimum Gasteiger partial charge on any atom is -0.508 e. The maximum atomic E-state index is 9.12. The third-order valence-corrected chi connectivity index (χ3v) is 2.37. The zero-order valence-electron chi connectivity index (χ0n) is 8.48. The predicted octanol–water partition coefficient (Wildman–Crippen LogP) is 1.69. The van der Waals surface area contributed by atoms with Gasteiger partial charge in [0.25, 0.3) is 0 Å². The first kappa shape index (κ1) is 12.3. The van der Waals surface area contributed by atoms with E-state index in [1.54, 1.807) is 12.1 Å². The van der Waals surface area contributed by atoms with E-state index in [0.717, 1.165) is 26.0 Å². The van der Waals surface area contributed by atoms with Crippen LogP contribution in [0.4, 0.5) is 0 Å². The van der Waals surface area contributed by atoms with Gasteiger partial charge >= 0.3 is 0 Å². The summed E-state index contributed by atoms with van der Waals surface area (Å²) in [5.74, 6) is 0.311. The molecule has 0 aliphatic carbocycles. The van der Waals surface area contributed by atoms with Crippen LogP contribution in [0.1, 0.15) is 12.0 Å². The van der Waals surface area contributed by atoms with Crippen LogP contribution in [0.3, 0.4) is 0 Å². The van der Waals surface area contributed by atoms with Crippen molar-refractivity contribution < 1.29 is 9.84 Å². The number of hydrogen-bond acceptors (Lipinski definition) is 3. The molecule has 0 radical (unpaired) electrons. The van der Waals surface area contributed by atoms with E-state index in [0.29, 0.717) is 5.75 Å². The molecular formula is C11H16ClNO2. The molecule has 1 unspecified atom stereocenters. The van der Waals surface area contributed by atoms with Crippen LogP contribution in [0.2, 0.25) is 0 Å². The highest BCUT2D eigenvalue weighted by Gasteiger charge is 2.12. The van der Waals surface area contributed by atoms with Crippen LogP contribution in [-0.4, -0.2) is 24.5 Å². The van der Waals surface area contributed by atoms with Crippen molar-refractivity contribution >= 4 is 12.4 Å². The Kier molecular flexibility index (Phi) is 4.88. The molecule has 1 aliphatic rings. The third kappa shape index (κ3) is 3.70. The molecule has 0 spiro atoms. The Morgan fingerprint density at radius 2 is 2.07 bits per heavy atom. The Morgan fingerprint density at radius 1 is 1.33 bits per heavy atom. The van der Waals surface area contributed by atoms with Crippen molar-refractivity contribution in [3.8, 4) is 5.75 Å². The second kappa shape index (κ2) is 5.95. The molecule has 1 heterocycles. The first-order valence-electron chi connectivity index (χ1n) is 4.97. The van der Waals surface area contributed by atoms with Crippen LogP contribution < -0.4 is 5.32 Å². The fourth-order valence-electron chi connectivity index (χ4n) is 1.60. The molecule has 1 aromatic carbocycles. The average Bonchev–Trinajstić information content (AvgIpc) is 2.23. The number of phenols is 1. The highest BCUT2D eigenvalue weighted by atomic mass is 35.5. The summed E-state index contributed by atoms with van der Waals surface area (Å²) >= 11 is 0. The Labute approximate surface area is 95.9 Å². The van der Waals surface area contributed by atoms with Crippen LogP contribution in [0.15, 0.2) is 24.3 Å². The van der Waals surface area contributed by atoms with Gasteiger partial charge in [-0.3, -0.25) is 5.32 Å². The minimum absolute atomic E-state index is 0. The topological polar surface area (TPSA) is 41.5 Å². The SMILES string of the molecule is Cl.Oc1ccc(CC2NCCCO2)cc1. The smallest absolute Gasteiger partial charge is 0.115 e. The second-order valence-corrected chi connectivity index (χ2v) is 3.54. The van der Waals surface area contributed by atoms with Crippen molar-refractivity contribution in [1.82, 2.24) is 5.32 Å². The normalized spacial score (nSPS) is 20.7. The maximum Gasteiger partial charge on any atom is 0.115 e. The third-order valence-electron chi connectivity index (χ3n) is 2.37. The molecule has 84 valence electrons. The van der Waals surface area contributed by atoms with E-state index in [2.05, 4.69) is 5.32 Å². The van der Waals surface area contributed by atoms with Crippen molar-refractivity contribution in [2.45, 2.75) is 19.1 Å². The lowest BCUT2D eigenvalue weighted by atomic mass is 10.1. The van der Waals surface area contributed by atoms with Gasteiger partial charge in [0.15, 0.2) is 0 Å². The molecule has 0 amide bonds. The largest absolute Gasteiger partial charge is 0.508 e. The van der Waals surface area contributed by atoms with E-state index in [1.165, 1.54) is 5.56 Å². The molecule has 3 nitrogen and oxygen atoms in total. The van der Waals surface area contributed by atoms with Gasteiger partial charge in [-0.05, 0) is 30.7 Å². The Bertz CT molecular complexity index is 283. The fraction of sp³-hybridized carbons (Fsp3) is 0.455. The molecule has 1 atom stereocenters. The molecule has 0 saturated carbocycles. The van der Waals surface area contributed by atoms with Gasteiger partial charge in [-0.1, -0.05) is 12.1 Å². The minimum atomic E-state index is 0. The molecule has 0 bridgehead atoms. The second-order valence-electron chi connectivity index (χ2n) is 3.54. The zero-order valence-corrected chi connectivity index (χ0v) is 9.30. The molecule has 4 heteroatoms. The van der Waals surface area contributed by atoms with Crippen LogP contribution >= 0.6 is 12.4 Å². The van der Waals surface area contributed by atoms with Gasteiger partial charge < -0.3 is 9.84 Å². The lowest BCUT2D eigenvalue weighted by Gasteiger charge is -2.24. The number of aromatic hydroxyl groups is 1. The van der Waals surface area contributed by atoms with Gasteiger partial charge in [0.05, 0.1) is 0 Å². The van der Waals surface area contributed by atoms with Crippen molar-refractivity contribution in [3.05, 3.63) is 29.8 Å². The summed E-state index contributed by atoms with van der Waals surface area (Å²) < 4.78 is 5.54. The van der Waals surface area contributed by atoms with Crippen molar-refractivity contribution in [3.63, 3.8) is 0 Å². The summed E-state index contributed by atoms with van der Waals surface area (Å²) in [6.07, 6.45) is 2.08. The Balaban J connectivity index is 0.00000112. The number of benzene rings is 1. The number of phenolic OH excluding ortho intramolecular Hbond substituents is 1. The molecule has 2 N–H and O–H groups in total. The molecule has 0 aromatic heterocycles. The van der Waals surface area contributed by atoms with Crippen LogP contribution in [-0.2, 0) is 11.2 Å². The number of nitrogens with one attached hydrogen (secondary N) is 1. The number of hydrogen-bond donors (Lipinski definition) is 2. The summed E-state index contributed by atoms with van der Waals surface area (Å²) in [5.41, 5.74) is 1.18. The lowest BCUT2D eigenvalue weighted by molar-refractivity contribution is 0.00194. The summed E-state index contributed by atoms with van der Waals surface area (Å²) in [5, 5.41) is 12.4. The van der Waals surface area contributed by atoms with E-state index in [1.807, 2.05) is 12.1 Å². The molecule has 2 rings (SSSR count). The van der Waals surface area contributed by atoms with Gasteiger partial charge in [0.2, 0.25) is 0 Å². The standard InChI is InChI=1S/C11H15NO2.ClH/c13-10-4-2-9(3-5-10)8-11-12-6-1-7-14-11;/h2-5,11-13H,1,6-8H2;1H. The molecule has 1 aliphatic heterocycles. The summed E-state index contributed by atoms with van der Waals surface area (Å²) in [6.45, 7) is 1.87. The van der Waals surface area contributed by atoms with Crippen molar-refractivity contribution in [2.24, 2.45) is 0 Å². The van der Waals surface area contributed by atoms with E-state index in [4.69, 9.17) is 9.84 Å². The number of rotatable bonds is 2. The zero-order chi connectivity index (χ0) is 9.80. The first-order chi connectivity index (χ1) is 6.84. The quantitative estimate of drug-likeness (QED) is 0.811. The van der Waals surface area contributed by atoms with Gasteiger partial charge in [0, 0.05) is 13.0 Å². The highest BCUT2D eigenvalue weighted by molar-refractivity contribution is 5.85. The summed E-state index contributed by atoms with van der Waals surface area (Å²) in [7, 11) is 0. The molecular weight excluding hydrogens is 214 g/mol. The van der Waals surface area contributed by atoms with E-state index in [-0.39, 0.29) is 18.6 Å². The Hall–Kier alpha value is -0.770. The Morgan fingerprint density at radius 3 is 2.67 bits per heavy atom. The molecule has 1 fully saturated rings. The molecule has 1 saturated heterocycles. The highest BCUT2D eigenvalue weighted by Crippen LogP contribution is 2.12. The maximum absolute atomic E-state index is 9.12. The van der Waals surface area contributed by atoms with E-state index >= 15 is 0 Å². The molecule has 15 heavy (non-hydrogen) atoms.